The summed E-state index contributed by atoms with van der Waals surface area (Å²) in [6.45, 7) is 0.938. The molecule has 0 spiro atoms. The number of carbonyl (C=O) groups is 1. The molecular weight excluding hydrogens is 284 g/mol. The molecule has 4 nitrogen and oxygen atoms in total. The molecule has 5 heteroatoms. The minimum absolute atomic E-state index is 0.0276. The third kappa shape index (κ3) is 4.36. The van der Waals surface area contributed by atoms with Crippen LogP contribution in [0.3, 0.4) is 0 Å². The van der Waals surface area contributed by atoms with Crippen molar-refractivity contribution >= 4 is 21.8 Å². The average molecular weight is 301 g/mol. The predicted octanol–water partition coefficient (Wildman–Crippen LogP) is 1.81. The lowest BCUT2D eigenvalue weighted by Crippen LogP contribution is -2.18. The maximum absolute atomic E-state index is 11.0. The number of hydrogen-bond donors (Lipinski definition) is 2. The lowest BCUT2D eigenvalue weighted by atomic mass is 10.2. The molecule has 1 rings (SSSR count). The molecule has 0 atom stereocenters. The van der Waals surface area contributed by atoms with Gasteiger partial charge in [0.25, 0.3) is 0 Å². The van der Waals surface area contributed by atoms with Gasteiger partial charge >= 0.3 is 0 Å². The SMILES string of the molecule is CNC(=O)CCCOc1c(Br)cccc1CN. The van der Waals surface area contributed by atoms with Crippen LogP contribution in [0.25, 0.3) is 0 Å². The zero-order chi connectivity index (χ0) is 12.7. The van der Waals surface area contributed by atoms with Gasteiger partial charge in [-0.2, -0.15) is 0 Å². The van der Waals surface area contributed by atoms with Gasteiger partial charge in [0.2, 0.25) is 5.91 Å². The van der Waals surface area contributed by atoms with Crippen molar-refractivity contribution in [2.24, 2.45) is 5.73 Å². The first-order valence-corrected chi connectivity index (χ1v) is 6.29. The summed E-state index contributed by atoms with van der Waals surface area (Å²) < 4.78 is 6.54. The summed E-state index contributed by atoms with van der Waals surface area (Å²) >= 11 is 3.42. The van der Waals surface area contributed by atoms with Crippen LogP contribution in [0.1, 0.15) is 18.4 Å². The molecule has 3 N–H and O–H groups in total. The maximum atomic E-state index is 11.0. The van der Waals surface area contributed by atoms with Crippen molar-refractivity contribution in [3.05, 3.63) is 28.2 Å². The van der Waals surface area contributed by atoms with Gasteiger partial charge in [0.05, 0.1) is 11.1 Å². The van der Waals surface area contributed by atoms with Gasteiger partial charge in [-0.25, -0.2) is 0 Å². The summed E-state index contributed by atoms with van der Waals surface area (Å²) in [4.78, 5) is 11.0. The Hall–Kier alpha value is -1.07. The molecule has 0 bridgehead atoms. The van der Waals surface area contributed by atoms with Crippen molar-refractivity contribution in [3.63, 3.8) is 0 Å². The summed E-state index contributed by atoms with van der Waals surface area (Å²) in [6, 6.07) is 5.76. The maximum Gasteiger partial charge on any atom is 0.219 e. The molecule has 1 amide bonds. The third-order valence-corrected chi connectivity index (χ3v) is 2.97. The van der Waals surface area contributed by atoms with Crippen LogP contribution in [0.15, 0.2) is 22.7 Å². The highest BCUT2D eigenvalue weighted by Gasteiger charge is 2.06. The number of rotatable bonds is 6. The molecule has 1 aromatic carbocycles. The fourth-order valence-corrected chi connectivity index (χ4v) is 1.93. The fraction of sp³-hybridized carbons (Fsp3) is 0.417. The monoisotopic (exact) mass is 300 g/mol. The number of hydrogen-bond acceptors (Lipinski definition) is 3. The first-order chi connectivity index (χ1) is 8.19. The summed E-state index contributed by atoms with van der Waals surface area (Å²) in [5.74, 6) is 0.798. The molecule has 94 valence electrons. The number of halogens is 1. The van der Waals surface area contributed by atoms with Gasteiger partial charge in [0, 0.05) is 25.6 Å². The Balaban J connectivity index is 2.48. The lowest BCUT2D eigenvalue weighted by molar-refractivity contribution is -0.120. The molecule has 0 heterocycles. The van der Waals surface area contributed by atoms with E-state index in [4.69, 9.17) is 10.5 Å². The van der Waals surface area contributed by atoms with Crippen molar-refractivity contribution in [3.8, 4) is 5.75 Å². The number of carbonyl (C=O) groups excluding carboxylic acids is 1. The Labute approximate surface area is 110 Å². The highest BCUT2D eigenvalue weighted by Crippen LogP contribution is 2.28. The van der Waals surface area contributed by atoms with Crippen molar-refractivity contribution in [1.29, 1.82) is 0 Å². The summed E-state index contributed by atoms with van der Waals surface area (Å²) in [7, 11) is 1.63. The van der Waals surface area contributed by atoms with Crippen molar-refractivity contribution in [2.75, 3.05) is 13.7 Å². The molecule has 0 aromatic heterocycles. The number of benzene rings is 1. The Bertz CT molecular complexity index is 383. The van der Waals surface area contributed by atoms with E-state index in [0.29, 0.717) is 26.0 Å². The van der Waals surface area contributed by atoms with Crippen LogP contribution in [0.4, 0.5) is 0 Å². The number of para-hydroxylation sites is 1. The largest absolute Gasteiger partial charge is 0.492 e. The second-order valence-electron chi connectivity index (χ2n) is 3.56. The number of amides is 1. The van der Waals surface area contributed by atoms with Crippen molar-refractivity contribution in [1.82, 2.24) is 5.32 Å². The van der Waals surface area contributed by atoms with Gasteiger partial charge in [-0.1, -0.05) is 12.1 Å². The molecule has 0 unspecified atom stereocenters. The topological polar surface area (TPSA) is 64.3 Å². The van der Waals surface area contributed by atoms with E-state index in [-0.39, 0.29) is 5.91 Å². The summed E-state index contributed by atoms with van der Waals surface area (Å²) in [6.07, 6.45) is 1.16. The average Bonchev–Trinajstić information content (AvgIpc) is 2.35. The van der Waals surface area contributed by atoms with Crippen LogP contribution in [0, 0.1) is 0 Å². The van der Waals surface area contributed by atoms with Gasteiger partial charge in [0.1, 0.15) is 5.75 Å². The van der Waals surface area contributed by atoms with Gasteiger partial charge < -0.3 is 15.8 Å². The third-order valence-electron chi connectivity index (χ3n) is 2.34. The molecule has 17 heavy (non-hydrogen) atoms. The van der Waals surface area contributed by atoms with Crippen molar-refractivity contribution in [2.45, 2.75) is 19.4 Å². The number of ether oxygens (including phenoxy) is 1. The van der Waals surface area contributed by atoms with E-state index < -0.39 is 0 Å². The van der Waals surface area contributed by atoms with E-state index in [1.54, 1.807) is 7.05 Å². The smallest absolute Gasteiger partial charge is 0.219 e. The standard InChI is InChI=1S/C12H17BrN2O2/c1-15-11(16)6-3-7-17-12-9(8-14)4-2-5-10(12)13/h2,4-5H,3,6-8,14H2,1H3,(H,15,16). The van der Waals surface area contributed by atoms with Gasteiger partial charge in [-0.3, -0.25) is 4.79 Å². The Morgan fingerprint density at radius 1 is 1.53 bits per heavy atom. The van der Waals surface area contributed by atoms with E-state index in [2.05, 4.69) is 21.2 Å². The first-order valence-electron chi connectivity index (χ1n) is 5.50. The normalized spacial score (nSPS) is 10.1. The predicted molar refractivity (Wildman–Crippen MR) is 70.8 cm³/mol. The molecule has 0 aliphatic carbocycles. The zero-order valence-electron chi connectivity index (χ0n) is 9.83. The lowest BCUT2D eigenvalue weighted by Gasteiger charge is -2.11. The van der Waals surface area contributed by atoms with E-state index >= 15 is 0 Å². The summed E-state index contributed by atoms with van der Waals surface area (Å²) in [5.41, 5.74) is 6.59. The molecule has 0 saturated carbocycles. The van der Waals surface area contributed by atoms with Crippen LogP contribution in [0.5, 0.6) is 5.75 Å². The quantitative estimate of drug-likeness (QED) is 0.788. The van der Waals surface area contributed by atoms with Crippen LogP contribution in [-0.4, -0.2) is 19.6 Å². The van der Waals surface area contributed by atoms with E-state index in [0.717, 1.165) is 15.8 Å². The highest BCUT2D eigenvalue weighted by atomic mass is 79.9. The minimum Gasteiger partial charge on any atom is -0.492 e. The molecule has 0 aliphatic rings. The van der Waals surface area contributed by atoms with Crippen LogP contribution >= 0.6 is 15.9 Å². The van der Waals surface area contributed by atoms with Gasteiger partial charge in [0.15, 0.2) is 0 Å². The zero-order valence-corrected chi connectivity index (χ0v) is 11.4. The Morgan fingerprint density at radius 3 is 2.94 bits per heavy atom. The Kier molecular flexibility index (Phi) is 6.00. The van der Waals surface area contributed by atoms with E-state index in [9.17, 15) is 4.79 Å². The molecule has 0 radical (unpaired) electrons. The molecular formula is C12H17BrN2O2. The second kappa shape index (κ2) is 7.29. The van der Waals surface area contributed by atoms with Crippen LogP contribution < -0.4 is 15.8 Å². The minimum atomic E-state index is 0.0276. The first kappa shape index (κ1) is 14.0. The van der Waals surface area contributed by atoms with E-state index in [1.807, 2.05) is 18.2 Å². The van der Waals surface area contributed by atoms with Crippen LogP contribution in [-0.2, 0) is 11.3 Å². The van der Waals surface area contributed by atoms with Crippen LogP contribution in [0.2, 0.25) is 0 Å². The molecule has 1 aromatic rings. The van der Waals surface area contributed by atoms with E-state index in [1.165, 1.54) is 0 Å². The second-order valence-corrected chi connectivity index (χ2v) is 4.41. The van der Waals surface area contributed by atoms with Gasteiger partial charge in [-0.15, -0.1) is 0 Å². The number of nitrogens with two attached hydrogens (primary N) is 1. The fourth-order valence-electron chi connectivity index (χ4n) is 1.41. The molecule has 0 fully saturated rings. The molecule has 0 saturated heterocycles. The highest BCUT2D eigenvalue weighted by molar-refractivity contribution is 9.10. The summed E-state index contributed by atoms with van der Waals surface area (Å²) in [5, 5.41) is 2.57. The van der Waals surface area contributed by atoms with Gasteiger partial charge in [-0.05, 0) is 28.4 Å². The molecule has 0 aliphatic heterocycles. The number of nitrogens with one attached hydrogen (secondary N) is 1. The van der Waals surface area contributed by atoms with Crippen molar-refractivity contribution < 1.29 is 9.53 Å². The Morgan fingerprint density at radius 2 is 2.29 bits per heavy atom.